The summed E-state index contributed by atoms with van der Waals surface area (Å²) in [4.78, 5) is 15.0. The Labute approximate surface area is 223 Å². The second kappa shape index (κ2) is 16.0. The number of halogens is 2. The standard InChI is InChI=1S/C9H13N3O5.C7H15Cl2N2O2P.C4H4S/c10-5-1-2-12(9(16)11-5)8-7(15)6(14)4(3-13)17-8;8-2-5-11(6-3-9)14(12)10-4-1-7-13-14;1-2-4-5-3-1/h1-2,4,6-8,13-15H,3H2,(H2,10,11,16);1-7H2,(H,10,12);1-4H/t4-,6-,7+,8-;;/m1../s1. The Morgan fingerprint density at radius 1 is 1.25 bits per heavy atom. The first-order chi connectivity index (χ1) is 17.3. The third kappa shape index (κ3) is 9.03. The first-order valence-corrected chi connectivity index (χ1v) is 14.7. The summed E-state index contributed by atoms with van der Waals surface area (Å²) in [5, 5.41) is 35.1. The van der Waals surface area contributed by atoms with E-state index < -0.39 is 44.5 Å². The van der Waals surface area contributed by atoms with Crippen molar-refractivity contribution >= 4 is 48.0 Å². The number of aliphatic hydroxyl groups excluding tert-OH is 3. The predicted octanol–water partition coefficient (Wildman–Crippen LogP) is 1.07. The number of ether oxygens (including phenoxy) is 1. The minimum Gasteiger partial charge on any atom is -0.394 e. The van der Waals surface area contributed by atoms with Crippen LogP contribution in [0.25, 0.3) is 0 Å². The molecule has 12 nitrogen and oxygen atoms in total. The van der Waals surface area contributed by atoms with Gasteiger partial charge < -0.3 is 30.3 Å². The number of thiophene rings is 1. The van der Waals surface area contributed by atoms with Gasteiger partial charge in [-0.3, -0.25) is 9.13 Å². The van der Waals surface area contributed by atoms with Gasteiger partial charge in [0.2, 0.25) is 0 Å². The Morgan fingerprint density at radius 2 is 1.92 bits per heavy atom. The highest BCUT2D eigenvalue weighted by molar-refractivity contribution is 7.54. The average molecular weight is 588 g/mol. The largest absolute Gasteiger partial charge is 0.394 e. The first kappa shape index (κ1) is 31.1. The predicted molar refractivity (Wildman–Crippen MR) is 139 cm³/mol. The number of anilines is 1. The number of rotatable bonds is 7. The summed E-state index contributed by atoms with van der Waals surface area (Å²) in [6.45, 7) is 1.85. The van der Waals surface area contributed by atoms with Crippen LogP contribution in [0.5, 0.6) is 0 Å². The molecule has 4 heterocycles. The zero-order valence-corrected chi connectivity index (χ0v) is 22.7. The molecular weight excluding hydrogens is 556 g/mol. The Balaban J connectivity index is 0.000000215. The Morgan fingerprint density at radius 3 is 2.36 bits per heavy atom. The van der Waals surface area contributed by atoms with Crippen LogP contribution in [0.15, 0.2) is 40.0 Å². The lowest BCUT2D eigenvalue weighted by molar-refractivity contribution is -0.0549. The number of nitrogens with zero attached hydrogens (tertiary/aromatic N) is 3. The molecule has 2 aliphatic rings. The van der Waals surface area contributed by atoms with E-state index in [0.717, 1.165) is 17.5 Å². The summed E-state index contributed by atoms with van der Waals surface area (Å²) in [6, 6.07) is 5.41. The molecule has 0 aromatic carbocycles. The summed E-state index contributed by atoms with van der Waals surface area (Å²) in [5.74, 6) is 0.899. The summed E-state index contributed by atoms with van der Waals surface area (Å²) >= 11 is 13.0. The van der Waals surface area contributed by atoms with Gasteiger partial charge in [0.05, 0.1) is 13.2 Å². The van der Waals surface area contributed by atoms with Crippen molar-refractivity contribution in [3.8, 4) is 0 Å². The van der Waals surface area contributed by atoms with Crippen LogP contribution in [0.3, 0.4) is 0 Å². The lowest BCUT2D eigenvalue weighted by atomic mass is 10.1. The van der Waals surface area contributed by atoms with E-state index in [1.54, 1.807) is 16.0 Å². The number of nitrogen functional groups attached to an aromatic ring is 1. The van der Waals surface area contributed by atoms with Crippen LogP contribution in [0.1, 0.15) is 12.6 Å². The third-order valence-electron chi connectivity index (χ3n) is 5.02. The molecule has 2 aromatic rings. The van der Waals surface area contributed by atoms with Crippen molar-refractivity contribution in [1.82, 2.24) is 19.3 Å². The van der Waals surface area contributed by atoms with Crippen molar-refractivity contribution in [2.75, 3.05) is 50.3 Å². The van der Waals surface area contributed by atoms with Crippen molar-refractivity contribution in [3.05, 3.63) is 45.6 Å². The fraction of sp³-hybridized carbons (Fsp3) is 0.600. The molecule has 0 aliphatic carbocycles. The molecule has 2 saturated heterocycles. The molecule has 16 heteroatoms. The van der Waals surface area contributed by atoms with Crippen LogP contribution < -0.4 is 16.5 Å². The summed E-state index contributed by atoms with van der Waals surface area (Å²) in [6.07, 6.45) is -2.38. The molecule has 0 amide bonds. The molecule has 36 heavy (non-hydrogen) atoms. The zero-order valence-electron chi connectivity index (χ0n) is 19.4. The number of aliphatic hydroxyl groups is 3. The molecule has 0 bridgehead atoms. The van der Waals surface area contributed by atoms with Crippen molar-refractivity contribution in [2.24, 2.45) is 0 Å². The number of alkyl halides is 2. The SMILES string of the molecule is Nc1ccn([C@@H]2O[C@H](CO)[C@@H](O)[C@@H]2O)c(=O)n1.O=P1(N(CCCl)CCCl)NCCCO1.c1ccsc1. The van der Waals surface area contributed by atoms with Gasteiger partial charge in [0, 0.05) is 37.6 Å². The van der Waals surface area contributed by atoms with Gasteiger partial charge >= 0.3 is 13.4 Å². The highest BCUT2D eigenvalue weighted by Crippen LogP contribution is 2.48. The number of nitrogens with two attached hydrogens (primary N) is 1. The first-order valence-electron chi connectivity index (χ1n) is 11.1. The van der Waals surface area contributed by atoms with Gasteiger partial charge in [0.15, 0.2) is 6.23 Å². The van der Waals surface area contributed by atoms with E-state index in [-0.39, 0.29) is 5.82 Å². The maximum atomic E-state index is 12.2. The maximum absolute atomic E-state index is 12.2. The van der Waals surface area contributed by atoms with Crippen molar-refractivity contribution in [2.45, 2.75) is 31.0 Å². The highest BCUT2D eigenvalue weighted by atomic mass is 35.5. The van der Waals surface area contributed by atoms with Gasteiger partial charge in [-0.25, -0.2) is 14.6 Å². The third-order valence-corrected chi connectivity index (χ3v) is 8.29. The number of nitrogens with one attached hydrogen (secondary N) is 1. The summed E-state index contributed by atoms with van der Waals surface area (Å²) in [7, 11) is -2.84. The number of aromatic nitrogens is 2. The van der Waals surface area contributed by atoms with Crippen LogP contribution in [-0.4, -0.2) is 92.5 Å². The van der Waals surface area contributed by atoms with Crippen molar-refractivity contribution in [3.63, 3.8) is 0 Å². The smallest absolute Gasteiger partial charge is 0.351 e. The van der Waals surface area contributed by atoms with E-state index in [4.69, 9.17) is 43.3 Å². The monoisotopic (exact) mass is 587 g/mol. The molecule has 204 valence electrons. The Hall–Kier alpha value is -1.09. The van der Waals surface area contributed by atoms with Gasteiger partial charge in [0.25, 0.3) is 0 Å². The topological polar surface area (TPSA) is 172 Å². The van der Waals surface area contributed by atoms with Gasteiger partial charge in [-0.1, -0.05) is 12.1 Å². The van der Waals surface area contributed by atoms with Gasteiger partial charge in [0.1, 0.15) is 24.1 Å². The van der Waals surface area contributed by atoms with Crippen LogP contribution in [0.4, 0.5) is 5.82 Å². The molecule has 2 fully saturated rings. The fourth-order valence-electron chi connectivity index (χ4n) is 3.23. The summed E-state index contributed by atoms with van der Waals surface area (Å²) in [5.41, 5.74) is 4.63. The van der Waals surface area contributed by atoms with E-state index in [0.29, 0.717) is 31.5 Å². The van der Waals surface area contributed by atoms with Crippen LogP contribution in [-0.2, 0) is 13.8 Å². The van der Waals surface area contributed by atoms with Crippen LogP contribution in [0, 0.1) is 0 Å². The molecule has 0 radical (unpaired) electrons. The van der Waals surface area contributed by atoms with E-state index in [9.17, 15) is 19.6 Å². The second-order valence-corrected chi connectivity index (χ2v) is 11.3. The molecule has 0 saturated carbocycles. The van der Waals surface area contributed by atoms with E-state index >= 15 is 0 Å². The van der Waals surface area contributed by atoms with E-state index in [1.165, 1.54) is 12.3 Å². The average Bonchev–Trinajstić information content (AvgIpc) is 3.53. The lowest BCUT2D eigenvalue weighted by Crippen LogP contribution is -2.36. The van der Waals surface area contributed by atoms with Crippen LogP contribution >= 0.6 is 42.2 Å². The van der Waals surface area contributed by atoms with Crippen molar-refractivity contribution < 1.29 is 29.1 Å². The lowest BCUT2D eigenvalue weighted by Gasteiger charge is -2.33. The quantitative estimate of drug-likeness (QED) is 0.231. The van der Waals surface area contributed by atoms with Crippen molar-refractivity contribution in [1.29, 1.82) is 0 Å². The molecule has 1 unspecified atom stereocenters. The minimum absolute atomic E-state index is 0.0537. The molecule has 2 aromatic heterocycles. The van der Waals surface area contributed by atoms with E-state index in [2.05, 4.69) is 10.1 Å². The van der Waals surface area contributed by atoms with E-state index in [1.807, 2.05) is 22.9 Å². The highest BCUT2D eigenvalue weighted by Gasteiger charge is 2.43. The number of hydrogen-bond donors (Lipinski definition) is 5. The molecule has 4 rings (SSSR count). The Bertz CT molecular complexity index is 956. The number of hydrogen-bond acceptors (Lipinski definition) is 10. The van der Waals surface area contributed by atoms with Crippen LogP contribution in [0.2, 0.25) is 0 Å². The molecule has 5 atom stereocenters. The molecule has 0 spiro atoms. The normalized spacial score (nSPS) is 27.6. The second-order valence-electron chi connectivity index (χ2n) is 7.51. The minimum atomic E-state index is -2.84. The van der Waals surface area contributed by atoms with Gasteiger partial charge in [-0.15, -0.1) is 23.2 Å². The zero-order chi connectivity index (χ0) is 26.6. The Kier molecular flexibility index (Phi) is 13.8. The van der Waals surface area contributed by atoms with Gasteiger partial charge in [-0.2, -0.15) is 16.3 Å². The molecular formula is C20H32Cl2N5O7PS. The maximum Gasteiger partial charge on any atom is 0.351 e. The molecule has 2 aliphatic heterocycles. The summed E-state index contributed by atoms with van der Waals surface area (Å²) < 4.78 is 25.4. The molecule has 6 N–H and O–H groups in total. The fourth-order valence-corrected chi connectivity index (χ4v) is 6.33. The van der Waals surface area contributed by atoms with Gasteiger partial charge in [-0.05, 0) is 23.2 Å².